The van der Waals surface area contributed by atoms with Crippen LogP contribution in [-0.2, 0) is 17.8 Å². The number of ether oxygens (including phenoxy) is 2. The second-order valence-corrected chi connectivity index (χ2v) is 5.44. The molecule has 0 radical (unpaired) electrons. The number of benzene rings is 1. The number of alkyl halides is 2. The molecule has 0 unspecified atom stereocenters. The first-order valence-corrected chi connectivity index (χ1v) is 7.55. The third-order valence-electron chi connectivity index (χ3n) is 3.76. The van der Waals surface area contributed by atoms with Crippen molar-refractivity contribution in [1.29, 1.82) is 0 Å². The Hall–Kier alpha value is -1.99. The van der Waals surface area contributed by atoms with Crippen LogP contribution in [0.25, 0.3) is 0 Å². The van der Waals surface area contributed by atoms with E-state index in [1.165, 1.54) is 0 Å². The second kappa shape index (κ2) is 7.52. The minimum absolute atomic E-state index is 0.0341. The van der Waals surface area contributed by atoms with E-state index in [4.69, 9.17) is 4.74 Å². The van der Waals surface area contributed by atoms with Crippen LogP contribution >= 0.6 is 0 Å². The second-order valence-electron chi connectivity index (χ2n) is 5.44. The smallest absolute Gasteiger partial charge is 0.387 e. The molecule has 1 fully saturated rings. The average molecular weight is 323 g/mol. The van der Waals surface area contributed by atoms with E-state index in [0.29, 0.717) is 19.7 Å². The summed E-state index contributed by atoms with van der Waals surface area (Å²) in [4.78, 5) is 2.19. The van der Waals surface area contributed by atoms with Gasteiger partial charge in [-0.05, 0) is 12.1 Å². The summed E-state index contributed by atoms with van der Waals surface area (Å²) in [5, 5.41) is 4.18. The zero-order chi connectivity index (χ0) is 16.1. The molecule has 0 bridgehead atoms. The molecule has 2 aromatic rings. The SMILES string of the molecule is FC(F)Oc1ccccc1CN1CCO[C@H](Cn2cccn2)C1. The fraction of sp³-hybridized carbons (Fsp3) is 0.438. The van der Waals surface area contributed by atoms with Gasteiger partial charge < -0.3 is 9.47 Å². The number of nitrogens with zero attached hydrogens (tertiary/aromatic N) is 3. The fourth-order valence-electron chi connectivity index (χ4n) is 2.74. The highest BCUT2D eigenvalue weighted by Crippen LogP contribution is 2.23. The highest BCUT2D eigenvalue weighted by molar-refractivity contribution is 5.33. The lowest BCUT2D eigenvalue weighted by Gasteiger charge is -2.33. The summed E-state index contributed by atoms with van der Waals surface area (Å²) in [5.41, 5.74) is 0.757. The monoisotopic (exact) mass is 323 g/mol. The fourth-order valence-corrected chi connectivity index (χ4v) is 2.74. The maximum atomic E-state index is 12.5. The van der Waals surface area contributed by atoms with Crippen LogP contribution in [0.2, 0.25) is 0 Å². The molecule has 1 saturated heterocycles. The van der Waals surface area contributed by atoms with Crippen molar-refractivity contribution >= 4 is 0 Å². The lowest BCUT2D eigenvalue weighted by atomic mass is 10.1. The van der Waals surface area contributed by atoms with Crippen molar-refractivity contribution in [3.05, 3.63) is 48.3 Å². The quantitative estimate of drug-likeness (QED) is 0.818. The van der Waals surface area contributed by atoms with E-state index in [1.54, 1.807) is 18.3 Å². The average Bonchev–Trinajstić information content (AvgIpc) is 3.02. The topological polar surface area (TPSA) is 39.5 Å². The van der Waals surface area contributed by atoms with E-state index in [9.17, 15) is 8.78 Å². The van der Waals surface area contributed by atoms with Crippen molar-refractivity contribution in [2.45, 2.75) is 25.8 Å². The van der Waals surface area contributed by atoms with Crippen LogP contribution < -0.4 is 4.74 Å². The van der Waals surface area contributed by atoms with Crippen molar-refractivity contribution in [2.75, 3.05) is 19.7 Å². The van der Waals surface area contributed by atoms with Crippen molar-refractivity contribution in [1.82, 2.24) is 14.7 Å². The molecule has 2 heterocycles. The molecule has 7 heteroatoms. The molecule has 1 aliphatic rings. The molecule has 5 nitrogen and oxygen atoms in total. The number of aromatic nitrogens is 2. The predicted molar refractivity (Wildman–Crippen MR) is 80.3 cm³/mol. The van der Waals surface area contributed by atoms with Gasteiger partial charge in [-0.15, -0.1) is 0 Å². The molecule has 3 rings (SSSR count). The first-order chi connectivity index (χ1) is 11.2. The van der Waals surface area contributed by atoms with Crippen LogP contribution in [0.1, 0.15) is 5.56 Å². The summed E-state index contributed by atoms with van der Waals surface area (Å²) in [7, 11) is 0. The Labute approximate surface area is 133 Å². The van der Waals surface area contributed by atoms with Crippen LogP contribution in [0.3, 0.4) is 0 Å². The van der Waals surface area contributed by atoms with Crippen molar-refractivity contribution < 1.29 is 18.3 Å². The van der Waals surface area contributed by atoms with Crippen molar-refractivity contribution in [3.8, 4) is 5.75 Å². The number of rotatable bonds is 6. The Morgan fingerprint density at radius 3 is 2.96 bits per heavy atom. The van der Waals surface area contributed by atoms with Crippen LogP contribution in [0, 0.1) is 0 Å². The maximum Gasteiger partial charge on any atom is 0.387 e. The summed E-state index contributed by atoms with van der Waals surface area (Å²) in [6.45, 7) is 0.527. The number of hydrogen-bond donors (Lipinski definition) is 0. The summed E-state index contributed by atoms with van der Waals surface area (Å²) in [6.07, 6.45) is 3.67. The minimum atomic E-state index is -2.81. The van der Waals surface area contributed by atoms with Gasteiger partial charge in [0, 0.05) is 37.6 Å². The van der Waals surface area contributed by atoms with Gasteiger partial charge in [0.1, 0.15) is 5.75 Å². The molecule has 23 heavy (non-hydrogen) atoms. The highest BCUT2D eigenvalue weighted by atomic mass is 19.3. The lowest BCUT2D eigenvalue weighted by molar-refractivity contribution is -0.0536. The third kappa shape index (κ3) is 4.49. The summed E-state index contributed by atoms with van der Waals surface area (Å²) < 4.78 is 37.2. The van der Waals surface area contributed by atoms with Gasteiger partial charge in [-0.3, -0.25) is 9.58 Å². The molecule has 1 aliphatic heterocycles. The molecule has 0 aliphatic carbocycles. The predicted octanol–water partition coefficient (Wildman–Crippen LogP) is 2.39. The zero-order valence-electron chi connectivity index (χ0n) is 12.6. The molecular formula is C16H19F2N3O2. The Balaban J connectivity index is 1.61. The molecule has 0 N–H and O–H groups in total. The molecule has 1 aromatic carbocycles. The Morgan fingerprint density at radius 2 is 2.17 bits per heavy atom. The Kier molecular flexibility index (Phi) is 5.19. The molecule has 0 saturated carbocycles. The number of hydrogen-bond acceptors (Lipinski definition) is 4. The summed E-state index contributed by atoms with van der Waals surface area (Å²) >= 11 is 0. The lowest BCUT2D eigenvalue weighted by Crippen LogP contribution is -2.43. The van der Waals surface area contributed by atoms with Gasteiger partial charge in [0.2, 0.25) is 0 Å². The van der Waals surface area contributed by atoms with Crippen LogP contribution in [-0.4, -0.2) is 47.1 Å². The Bertz CT molecular complexity index is 607. The highest BCUT2D eigenvalue weighted by Gasteiger charge is 2.22. The normalized spacial score (nSPS) is 19.2. The van der Waals surface area contributed by atoms with Gasteiger partial charge in [-0.2, -0.15) is 13.9 Å². The first kappa shape index (κ1) is 15.9. The standard InChI is InChI=1S/C16H19F2N3O2/c17-16(18)23-15-5-2-1-4-13(15)10-20-8-9-22-14(11-20)12-21-7-3-6-19-21/h1-7,14,16H,8-12H2/t14-/m0/s1. The van der Waals surface area contributed by atoms with Crippen LogP contribution in [0.4, 0.5) is 8.78 Å². The van der Waals surface area contributed by atoms with Crippen molar-refractivity contribution in [2.24, 2.45) is 0 Å². The number of para-hydroxylation sites is 1. The summed E-state index contributed by atoms with van der Waals surface area (Å²) in [6, 6.07) is 8.79. The van der Waals surface area contributed by atoms with Gasteiger partial charge in [-0.25, -0.2) is 0 Å². The first-order valence-electron chi connectivity index (χ1n) is 7.55. The van der Waals surface area contributed by atoms with E-state index >= 15 is 0 Å². The molecule has 124 valence electrons. The van der Waals surface area contributed by atoms with Crippen LogP contribution in [0.5, 0.6) is 5.75 Å². The molecular weight excluding hydrogens is 304 g/mol. The molecule has 0 spiro atoms. The number of halogens is 2. The maximum absolute atomic E-state index is 12.5. The van der Waals surface area contributed by atoms with Crippen LogP contribution in [0.15, 0.2) is 42.7 Å². The van der Waals surface area contributed by atoms with Gasteiger partial charge in [-0.1, -0.05) is 18.2 Å². The van der Waals surface area contributed by atoms with Gasteiger partial charge in [0.25, 0.3) is 0 Å². The Morgan fingerprint density at radius 1 is 1.30 bits per heavy atom. The zero-order valence-corrected chi connectivity index (χ0v) is 12.6. The minimum Gasteiger partial charge on any atom is -0.434 e. The van der Waals surface area contributed by atoms with E-state index in [0.717, 1.165) is 18.7 Å². The molecule has 1 atom stereocenters. The van der Waals surface area contributed by atoms with E-state index < -0.39 is 6.61 Å². The van der Waals surface area contributed by atoms with Gasteiger partial charge >= 0.3 is 6.61 Å². The third-order valence-corrected chi connectivity index (χ3v) is 3.76. The van der Waals surface area contributed by atoms with E-state index in [2.05, 4.69) is 14.7 Å². The van der Waals surface area contributed by atoms with Crippen molar-refractivity contribution in [3.63, 3.8) is 0 Å². The largest absolute Gasteiger partial charge is 0.434 e. The molecule has 1 aromatic heterocycles. The van der Waals surface area contributed by atoms with E-state index in [1.807, 2.05) is 29.1 Å². The summed E-state index contributed by atoms with van der Waals surface area (Å²) in [5.74, 6) is 0.234. The van der Waals surface area contributed by atoms with Gasteiger partial charge in [0.05, 0.1) is 19.3 Å². The molecule has 0 amide bonds. The number of morpholine rings is 1. The van der Waals surface area contributed by atoms with E-state index in [-0.39, 0.29) is 11.9 Å². The van der Waals surface area contributed by atoms with Gasteiger partial charge in [0.15, 0.2) is 0 Å².